The molecule has 0 aliphatic heterocycles. The molecule has 1 amide bonds. The van der Waals surface area contributed by atoms with E-state index in [0.29, 0.717) is 30.3 Å². The van der Waals surface area contributed by atoms with Gasteiger partial charge < -0.3 is 10.1 Å². The monoisotopic (exact) mass is 446 g/mol. The van der Waals surface area contributed by atoms with Gasteiger partial charge in [-0.2, -0.15) is 10.2 Å². The van der Waals surface area contributed by atoms with Crippen LogP contribution in [-0.4, -0.2) is 37.1 Å². The summed E-state index contributed by atoms with van der Waals surface area (Å²) in [6.45, 7) is 1.000. The van der Waals surface area contributed by atoms with Crippen LogP contribution in [0, 0.1) is 5.82 Å². The van der Waals surface area contributed by atoms with Crippen molar-refractivity contribution in [2.24, 2.45) is 0 Å². The van der Waals surface area contributed by atoms with E-state index in [0.717, 1.165) is 42.6 Å². The maximum atomic E-state index is 13.4. The Labute approximate surface area is 190 Å². The number of carbonyl (C=O) groups excluding carboxylic acids is 1. The fourth-order valence-electron chi connectivity index (χ4n) is 4.04. The Morgan fingerprint density at radius 2 is 1.97 bits per heavy atom. The number of ether oxygens (including phenoxy) is 1. The van der Waals surface area contributed by atoms with Crippen LogP contribution in [-0.2, 0) is 19.4 Å². The summed E-state index contributed by atoms with van der Waals surface area (Å²) >= 11 is 0. The van der Waals surface area contributed by atoms with Crippen LogP contribution in [0.3, 0.4) is 0 Å². The number of benzene rings is 2. The van der Waals surface area contributed by atoms with Crippen molar-refractivity contribution in [2.75, 3.05) is 11.9 Å². The normalized spacial score (nSPS) is 12.9. The number of nitrogens with zero attached hydrogens (tertiary/aromatic N) is 5. The number of aromatic nitrogens is 5. The van der Waals surface area contributed by atoms with Crippen molar-refractivity contribution in [1.29, 1.82) is 0 Å². The molecule has 2 heterocycles. The lowest BCUT2D eigenvalue weighted by molar-refractivity contribution is 0.102. The number of hydrogen-bond acceptors (Lipinski definition) is 5. The number of fused-ring (bicyclic) bond motifs is 1. The van der Waals surface area contributed by atoms with E-state index < -0.39 is 0 Å². The first-order chi connectivity index (χ1) is 16.2. The molecule has 9 heteroatoms. The molecule has 0 bridgehead atoms. The van der Waals surface area contributed by atoms with Gasteiger partial charge in [0.05, 0.1) is 12.2 Å². The summed E-state index contributed by atoms with van der Waals surface area (Å²) in [5.74, 6) is 0.0710. The minimum atomic E-state index is -0.305. The van der Waals surface area contributed by atoms with Crippen molar-refractivity contribution in [3.63, 3.8) is 0 Å². The van der Waals surface area contributed by atoms with Gasteiger partial charge in [-0.25, -0.2) is 18.7 Å². The summed E-state index contributed by atoms with van der Waals surface area (Å²) in [6.07, 6.45) is 6.79. The third-order valence-corrected chi connectivity index (χ3v) is 5.61. The fourth-order valence-corrected chi connectivity index (χ4v) is 4.04. The SMILES string of the molecule is O=C(Nc1cccc(OCCn2cncn2)c1)c1nn(-c2ccc(F)cc2)c2c1CCCC2. The second-order valence-corrected chi connectivity index (χ2v) is 7.86. The van der Waals surface area contributed by atoms with Crippen molar-refractivity contribution >= 4 is 11.6 Å². The molecule has 0 atom stereocenters. The summed E-state index contributed by atoms with van der Waals surface area (Å²) in [7, 11) is 0. The molecule has 0 saturated heterocycles. The molecule has 33 heavy (non-hydrogen) atoms. The average Bonchev–Trinajstić information content (AvgIpc) is 3.48. The molecular formula is C24H23FN6O2. The molecule has 0 saturated carbocycles. The number of nitrogens with one attached hydrogen (secondary N) is 1. The molecule has 1 aliphatic carbocycles. The number of rotatable bonds is 7. The van der Waals surface area contributed by atoms with Crippen LogP contribution in [0.1, 0.15) is 34.6 Å². The molecule has 8 nitrogen and oxygen atoms in total. The lowest BCUT2D eigenvalue weighted by Gasteiger charge is -2.14. The maximum absolute atomic E-state index is 13.4. The van der Waals surface area contributed by atoms with Crippen molar-refractivity contribution in [3.8, 4) is 11.4 Å². The Kier molecular flexibility index (Phi) is 5.84. The molecule has 1 N–H and O–H groups in total. The molecular weight excluding hydrogens is 423 g/mol. The minimum Gasteiger partial charge on any atom is -0.492 e. The van der Waals surface area contributed by atoms with Crippen LogP contribution in [0.15, 0.2) is 61.2 Å². The lowest BCUT2D eigenvalue weighted by atomic mass is 9.95. The summed E-state index contributed by atoms with van der Waals surface area (Å²) < 4.78 is 22.6. The Hall–Kier alpha value is -4.01. The highest BCUT2D eigenvalue weighted by molar-refractivity contribution is 6.04. The fraction of sp³-hybridized carbons (Fsp3) is 0.250. The second kappa shape index (κ2) is 9.23. The highest BCUT2D eigenvalue weighted by Crippen LogP contribution is 2.28. The van der Waals surface area contributed by atoms with Crippen molar-refractivity contribution in [2.45, 2.75) is 32.2 Å². The molecule has 0 unspecified atom stereocenters. The van der Waals surface area contributed by atoms with Crippen LogP contribution in [0.2, 0.25) is 0 Å². The maximum Gasteiger partial charge on any atom is 0.276 e. The van der Waals surface area contributed by atoms with Crippen LogP contribution >= 0.6 is 0 Å². The van der Waals surface area contributed by atoms with Gasteiger partial charge in [0, 0.05) is 23.0 Å². The number of anilines is 1. The van der Waals surface area contributed by atoms with Gasteiger partial charge in [0.15, 0.2) is 5.69 Å². The topological polar surface area (TPSA) is 86.9 Å². The van der Waals surface area contributed by atoms with E-state index in [2.05, 4.69) is 20.5 Å². The van der Waals surface area contributed by atoms with Crippen molar-refractivity contribution < 1.29 is 13.9 Å². The number of amides is 1. The number of hydrogen-bond donors (Lipinski definition) is 1. The Morgan fingerprint density at radius 1 is 1.12 bits per heavy atom. The largest absolute Gasteiger partial charge is 0.492 e. The highest BCUT2D eigenvalue weighted by Gasteiger charge is 2.25. The third-order valence-electron chi connectivity index (χ3n) is 5.61. The van der Waals surface area contributed by atoms with Gasteiger partial charge in [0.25, 0.3) is 5.91 Å². The van der Waals surface area contributed by atoms with Crippen molar-refractivity contribution in [1.82, 2.24) is 24.5 Å². The zero-order chi connectivity index (χ0) is 22.6. The van der Waals surface area contributed by atoms with E-state index >= 15 is 0 Å². The molecule has 4 aromatic rings. The zero-order valence-corrected chi connectivity index (χ0v) is 17.9. The molecule has 0 spiro atoms. The predicted molar refractivity (Wildman–Crippen MR) is 120 cm³/mol. The van der Waals surface area contributed by atoms with Crippen LogP contribution in [0.4, 0.5) is 10.1 Å². The lowest BCUT2D eigenvalue weighted by Crippen LogP contribution is -2.15. The third kappa shape index (κ3) is 4.62. The van der Waals surface area contributed by atoms with Gasteiger partial charge in [0.2, 0.25) is 0 Å². The van der Waals surface area contributed by atoms with Crippen molar-refractivity contribution in [3.05, 3.63) is 84.0 Å². The van der Waals surface area contributed by atoms with Gasteiger partial charge >= 0.3 is 0 Å². The molecule has 5 rings (SSSR count). The van der Waals surface area contributed by atoms with Gasteiger partial charge in [-0.05, 0) is 62.1 Å². The van der Waals surface area contributed by atoms with E-state index in [-0.39, 0.29) is 11.7 Å². The van der Waals surface area contributed by atoms with E-state index in [9.17, 15) is 9.18 Å². The molecule has 1 aliphatic rings. The average molecular weight is 446 g/mol. The quantitative estimate of drug-likeness (QED) is 0.467. The zero-order valence-electron chi connectivity index (χ0n) is 17.9. The van der Waals surface area contributed by atoms with Gasteiger partial charge in [-0.1, -0.05) is 6.07 Å². The van der Waals surface area contributed by atoms with E-state index in [4.69, 9.17) is 4.74 Å². The first-order valence-electron chi connectivity index (χ1n) is 10.9. The Morgan fingerprint density at radius 3 is 2.79 bits per heavy atom. The van der Waals surface area contributed by atoms with Gasteiger partial charge in [-0.15, -0.1) is 0 Å². The van der Waals surface area contributed by atoms with Crippen LogP contribution < -0.4 is 10.1 Å². The van der Waals surface area contributed by atoms with Crippen LogP contribution in [0.25, 0.3) is 5.69 Å². The standard InChI is InChI=1S/C24H23FN6O2/c25-17-8-10-19(11-9-17)31-22-7-2-1-6-21(22)23(29-31)24(32)28-18-4-3-5-20(14-18)33-13-12-30-16-26-15-27-30/h3-5,8-11,14-16H,1-2,6-7,12-13H2,(H,28,32). The molecule has 2 aromatic carbocycles. The molecule has 0 radical (unpaired) electrons. The second-order valence-electron chi connectivity index (χ2n) is 7.86. The van der Waals surface area contributed by atoms with E-state index in [1.807, 2.05) is 18.2 Å². The number of halogens is 1. The highest BCUT2D eigenvalue weighted by atomic mass is 19.1. The van der Waals surface area contributed by atoms with Gasteiger partial charge in [-0.3, -0.25) is 4.79 Å². The Balaban J connectivity index is 1.33. The minimum absolute atomic E-state index is 0.270. The number of carbonyl (C=O) groups is 1. The van der Waals surface area contributed by atoms with Crippen LogP contribution in [0.5, 0.6) is 5.75 Å². The molecule has 2 aromatic heterocycles. The molecule has 0 fully saturated rings. The van der Waals surface area contributed by atoms with E-state index in [1.165, 1.54) is 18.5 Å². The van der Waals surface area contributed by atoms with E-state index in [1.54, 1.807) is 33.9 Å². The summed E-state index contributed by atoms with van der Waals surface area (Å²) in [5.41, 5.74) is 3.76. The summed E-state index contributed by atoms with van der Waals surface area (Å²) in [4.78, 5) is 17.1. The molecule has 168 valence electrons. The first kappa shape index (κ1) is 20.9. The summed E-state index contributed by atoms with van der Waals surface area (Å²) in [6, 6.07) is 13.4. The Bertz CT molecular complexity index is 1250. The summed E-state index contributed by atoms with van der Waals surface area (Å²) in [5, 5.41) is 11.6. The smallest absolute Gasteiger partial charge is 0.276 e. The van der Waals surface area contributed by atoms with Gasteiger partial charge in [0.1, 0.15) is 30.8 Å². The predicted octanol–water partition coefficient (Wildman–Crippen LogP) is 3.81. The first-order valence-corrected chi connectivity index (χ1v) is 10.9.